The number of benzene rings is 3. The Balaban J connectivity index is 1.81. The van der Waals surface area contributed by atoms with Gasteiger partial charge in [0, 0.05) is 17.5 Å². The van der Waals surface area contributed by atoms with Gasteiger partial charge in [0.05, 0.1) is 0 Å². The van der Waals surface area contributed by atoms with Crippen molar-refractivity contribution in [1.82, 2.24) is 15.2 Å². The van der Waals surface area contributed by atoms with Crippen LogP contribution in [-0.2, 0) is 6.42 Å². The number of aromatic nitrogens is 3. The van der Waals surface area contributed by atoms with Crippen molar-refractivity contribution < 1.29 is 0 Å². The first-order valence-corrected chi connectivity index (χ1v) is 9.11. The molecule has 0 radical (unpaired) electrons. The first-order chi connectivity index (χ1) is 13.2. The van der Waals surface area contributed by atoms with Crippen LogP contribution in [0.2, 0.25) is 0 Å². The Hall–Kier alpha value is -3.33. The SMILES string of the molecule is Cc1ccc(C)c(Cc2nnc(-c3ccccc3)c(-c3ccccc3)n2)c1. The predicted octanol–water partition coefficient (Wildman–Crippen LogP) is 5.41. The summed E-state index contributed by atoms with van der Waals surface area (Å²) in [6, 6.07) is 26.8. The van der Waals surface area contributed by atoms with Crippen LogP contribution in [-0.4, -0.2) is 15.2 Å². The van der Waals surface area contributed by atoms with E-state index in [-0.39, 0.29) is 0 Å². The molecule has 132 valence electrons. The summed E-state index contributed by atoms with van der Waals surface area (Å²) < 4.78 is 0. The minimum Gasteiger partial charge on any atom is -0.228 e. The Bertz CT molecular complexity index is 1060. The maximum atomic E-state index is 4.91. The molecule has 0 aliphatic carbocycles. The maximum absolute atomic E-state index is 4.91. The van der Waals surface area contributed by atoms with Gasteiger partial charge >= 0.3 is 0 Å². The van der Waals surface area contributed by atoms with Gasteiger partial charge in [0.2, 0.25) is 0 Å². The predicted molar refractivity (Wildman–Crippen MR) is 109 cm³/mol. The van der Waals surface area contributed by atoms with Crippen molar-refractivity contribution in [3.05, 3.63) is 101 Å². The van der Waals surface area contributed by atoms with Crippen molar-refractivity contribution in [1.29, 1.82) is 0 Å². The van der Waals surface area contributed by atoms with E-state index in [1.807, 2.05) is 48.5 Å². The third-order valence-electron chi connectivity index (χ3n) is 4.68. The molecule has 0 fully saturated rings. The fraction of sp³-hybridized carbons (Fsp3) is 0.125. The maximum Gasteiger partial charge on any atom is 0.156 e. The lowest BCUT2D eigenvalue weighted by Crippen LogP contribution is -2.05. The van der Waals surface area contributed by atoms with Crippen LogP contribution in [0, 0.1) is 13.8 Å². The highest BCUT2D eigenvalue weighted by atomic mass is 15.2. The van der Waals surface area contributed by atoms with Crippen LogP contribution >= 0.6 is 0 Å². The first-order valence-electron chi connectivity index (χ1n) is 9.11. The molecule has 0 amide bonds. The molecule has 4 aromatic rings. The van der Waals surface area contributed by atoms with Gasteiger partial charge in [-0.1, -0.05) is 84.4 Å². The molecular formula is C24H21N3. The summed E-state index contributed by atoms with van der Waals surface area (Å²) in [4.78, 5) is 4.91. The molecule has 0 spiro atoms. The highest BCUT2D eigenvalue weighted by Crippen LogP contribution is 2.28. The van der Waals surface area contributed by atoms with E-state index >= 15 is 0 Å². The van der Waals surface area contributed by atoms with Crippen molar-refractivity contribution in [3.8, 4) is 22.5 Å². The van der Waals surface area contributed by atoms with Crippen molar-refractivity contribution in [2.45, 2.75) is 20.3 Å². The Morgan fingerprint density at radius 3 is 1.96 bits per heavy atom. The highest BCUT2D eigenvalue weighted by molar-refractivity contribution is 5.77. The van der Waals surface area contributed by atoms with Gasteiger partial charge in [-0.05, 0) is 25.0 Å². The molecule has 27 heavy (non-hydrogen) atoms. The summed E-state index contributed by atoms with van der Waals surface area (Å²) in [7, 11) is 0. The van der Waals surface area contributed by atoms with E-state index in [9.17, 15) is 0 Å². The van der Waals surface area contributed by atoms with Gasteiger partial charge in [0.25, 0.3) is 0 Å². The summed E-state index contributed by atoms with van der Waals surface area (Å²) in [5.41, 5.74) is 7.49. The third kappa shape index (κ3) is 3.77. The van der Waals surface area contributed by atoms with Crippen LogP contribution in [0.3, 0.4) is 0 Å². The largest absolute Gasteiger partial charge is 0.228 e. The summed E-state index contributed by atoms with van der Waals surface area (Å²) in [5, 5.41) is 9.01. The van der Waals surface area contributed by atoms with Crippen LogP contribution in [0.4, 0.5) is 0 Å². The Kier molecular flexibility index (Phi) is 4.75. The number of hydrogen-bond donors (Lipinski definition) is 0. The molecule has 0 saturated heterocycles. The lowest BCUT2D eigenvalue weighted by Gasteiger charge is -2.11. The molecule has 0 atom stereocenters. The third-order valence-corrected chi connectivity index (χ3v) is 4.68. The van der Waals surface area contributed by atoms with Gasteiger partial charge in [0.1, 0.15) is 11.4 Å². The molecular weight excluding hydrogens is 330 g/mol. The average Bonchev–Trinajstić information content (AvgIpc) is 2.72. The second-order valence-corrected chi connectivity index (χ2v) is 6.76. The van der Waals surface area contributed by atoms with Crippen LogP contribution in [0.25, 0.3) is 22.5 Å². The number of rotatable bonds is 4. The van der Waals surface area contributed by atoms with Gasteiger partial charge in [0.15, 0.2) is 5.82 Å². The van der Waals surface area contributed by atoms with Crippen LogP contribution < -0.4 is 0 Å². The smallest absolute Gasteiger partial charge is 0.156 e. The number of hydrogen-bond acceptors (Lipinski definition) is 3. The van der Waals surface area contributed by atoms with E-state index in [1.165, 1.54) is 16.7 Å². The lowest BCUT2D eigenvalue weighted by molar-refractivity contribution is 0.870. The van der Waals surface area contributed by atoms with Gasteiger partial charge in [-0.2, -0.15) is 0 Å². The van der Waals surface area contributed by atoms with Crippen molar-refractivity contribution in [2.24, 2.45) is 0 Å². The van der Waals surface area contributed by atoms with E-state index in [0.29, 0.717) is 6.42 Å². The molecule has 1 heterocycles. The second kappa shape index (κ2) is 7.50. The number of aryl methyl sites for hydroxylation is 2. The first kappa shape index (κ1) is 17.1. The fourth-order valence-corrected chi connectivity index (χ4v) is 3.18. The molecule has 1 aromatic heterocycles. The van der Waals surface area contributed by atoms with Crippen molar-refractivity contribution in [3.63, 3.8) is 0 Å². The summed E-state index contributed by atoms with van der Waals surface area (Å²) in [6.07, 6.45) is 0.676. The van der Waals surface area contributed by atoms with E-state index in [0.717, 1.165) is 28.3 Å². The minimum absolute atomic E-state index is 0.676. The molecule has 0 aliphatic heterocycles. The molecule has 0 N–H and O–H groups in total. The van der Waals surface area contributed by atoms with Crippen LogP contribution in [0.1, 0.15) is 22.5 Å². The topological polar surface area (TPSA) is 38.7 Å². The summed E-state index contributed by atoms with van der Waals surface area (Å²) >= 11 is 0. The van der Waals surface area contributed by atoms with Crippen molar-refractivity contribution in [2.75, 3.05) is 0 Å². The fourth-order valence-electron chi connectivity index (χ4n) is 3.18. The van der Waals surface area contributed by atoms with E-state index < -0.39 is 0 Å². The van der Waals surface area contributed by atoms with Gasteiger partial charge < -0.3 is 0 Å². The average molecular weight is 351 g/mol. The van der Waals surface area contributed by atoms with E-state index in [4.69, 9.17) is 4.98 Å². The standard InChI is InChI=1S/C24H21N3/c1-17-13-14-18(2)21(15-17)16-22-25-23(19-9-5-3-6-10-19)24(27-26-22)20-11-7-4-8-12-20/h3-15H,16H2,1-2H3. The molecule has 0 unspecified atom stereocenters. The lowest BCUT2D eigenvalue weighted by atomic mass is 10.0. The zero-order chi connectivity index (χ0) is 18.6. The second-order valence-electron chi connectivity index (χ2n) is 6.76. The summed E-state index contributed by atoms with van der Waals surface area (Å²) in [6.45, 7) is 4.23. The minimum atomic E-state index is 0.676. The van der Waals surface area contributed by atoms with E-state index in [2.05, 4.69) is 54.4 Å². The zero-order valence-electron chi connectivity index (χ0n) is 15.6. The Morgan fingerprint density at radius 1 is 0.667 bits per heavy atom. The summed E-state index contributed by atoms with van der Waals surface area (Å²) in [5.74, 6) is 0.738. The van der Waals surface area contributed by atoms with E-state index in [1.54, 1.807) is 0 Å². The molecule has 0 aliphatic rings. The Labute approximate surface area is 159 Å². The monoisotopic (exact) mass is 351 g/mol. The van der Waals surface area contributed by atoms with Gasteiger partial charge in [-0.25, -0.2) is 4.98 Å². The van der Waals surface area contributed by atoms with Crippen molar-refractivity contribution >= 4 is 0 Å². The van der Waals surface area contributed by atoms with Crippen LogP contribution in [0.5, 0.6) is 0 Å². The molecule has 3 heteroatoms. The normalized spacial score (nSPS) is 10.7. The van der Waals surface area contributed by atoms with Gasteiger partial charge in [-0.3, -0.25) is 0 Å². The molecule has 0 bridgehead atoms. The molecule has 0 saturated carbocycles. The zero-order valence-corrected chi connectivity index (χ0v) is 15.6. The molecule has 4 rings (SSSR count). The molecule has 3 aromatic carbocycles. The Morgan fingerprint density at radius 2 is 1.30 bits per heavy atom. The quantitative estimate of drug-likeness (QED) is 0.493. The van der Waals surface area contributed by atoms with Crippen LogP contribution in [0.15, 0.2) is 78.9 Å². The van der Waals surface area contributed by atoms with Gasteiger partial charge in [-0.15, -0.1) is 10.2 Å². The highest BCUT2D eigenvalue weighted by Gasteiger charge is 2.14. The number of nitrogens with zero attached hydrogens (tertiary/aromatic N) is 3. The molecule has 3 nitrogen and oxygen atoms in total.